The van der Waals surface area contributed by atoms with Crippen molar-refractivity contribution in [3.63, 3.8) is 0 Å². The molecule has 0 aromatic heterocycles. The van der Waals surface area contributed by atoms with Crippen molar-refractivity contribution >= 4 is 30.1 Å². The van der Waals surface area contributed by atoms with Gasteiger partial charge in [0.15, 0.2) is 5.96 Å². The number of amides is 1. The molecule has 2 aromatic rings. The van der Waals surface area contributed by atoms with Gasteiger partial charge in [0.1, 0.15) is 11.4 Å². The van der Waals surface area contributed by atoms with E-state index in [-0.39, 0.29) is 17.4 Å². The van der Waals surface area contributed by atoms with Crippen LogP contribution in [0.25, 0.3) is 6.08 Å². The maximum Gasteiger partial charge on any atom is 0.360 e. The molecule has 0 bridgehead atoms. The molecule has 0 aliphatic rings. The Morgan fingerprint density at radius 3 is 2.50 bits per heavy atom. The molecule has 0 saturated carbocycles. The first kappa shape index (κ1) is 16.8. The Morgan fingerprint density at radius 1 is 1.08 bits per heavy atom. The van der Waals surface area contributed by atoms with Gasteiger partial charge in [0.25, 0.3) is 0 Å². The highest BCUT2D eigenvalue weighted by Gasteiger charge is 2.12. The molecule has 0 aliphatic heterocycles. The Kier molecular flexibility index (Phi) is 5.68. The van der Waals surface area contributed by atoms with E-state index < -0.39 is 5.97 Å². The molecule has 122 valence electrons. The highest BCUT2D eigenvalue weighted by Crippen LogP contribution is 2.20. The van der Waals surface area contributed by atoms with E-state index in [0.29, 0.717) is 12.1 Å². The molecule has 7 heteroatoms. The Labute approximate surface area is 138 Å². The quantitative estimate of drug-likeness (QED) is 0.185. The van der Waals surface area contributed by atoms with Gasteiger partial charge in [-0.25, -0.2) is 9.79 Å². The van der Waals surface area contributed by atoms with E-state index in [4.69, 9.17) is 16.2 Å². The van der Waals surface area contributed by atoms with Crippen LogP contribution >= 0.6 is 0 Å². The minimum absolute atomic E-state index is 0.00319. The Balaban J connectivity index is 2.21. The summed E-state index contributed by atoms with van der Waals surface area (Å²) in [5.41, 5.74) is 11.8. The number of rotatable bonds is 6. The van der Waals surface area contributed by atoms with Crippen molar-refractivity contribution in [2.75, 3.05) is 0 Å². The number of nitrogens with zero attached hydrogens (tertiary/aromatic N) is 1. The summed E-state index contributed by atoms with van der Waals surface area (Å²) in [6.45, 7) is 0. The summed E-state index contributed by atoms with van der Waals surface area (Å²) >= 11 is 0. The molecule has 0 radical (unpaired) electrons. The van der Waals surface area contributed by atoms with Gasteiger partial charge in [0, 0.05) is 6.07 Å². The first-order valence-electron chi connectivity index (χ1n) is 6.97. The average Bonchev–Trinajstić information content (AvgIpc) is 2.55. The van der Waals surface area contributed by atoms with Crippen molar-refractivity contribution in [1.29, 1.82) is 0 Å². The number of esters is 1. The number of benzene rings is 2. The summed E-state index contributed by atoms with van der Waals surface area (Å²) in [6, 6.07) is 15.4. The first-order valence-corrected chi connectivity index (χ1v) is 6.97. The molecular weight excluding hydrogens is 308 g/mol. The standard InChI is InChI=1S/C17H16N4O3/c18-17(19)21-13-7-4-8-14(10-13)24-16(23)15(20-11-22)9-12-5-2-1-3-6-12/h1-11H,(H,20,22)(H4,18,19,21). The van der Waals surface area contributed by atoms with Gasteiger partial charge in [-0.15, -0.1) is 0 Å². The van der Waals surface area contributed by atoms with Crippen molar-refractivity contribution in [3.8, 4) is 5.75 Å². The van der Waals surface area contributed by atoms with Gasteiger partial charge in [0.05, 0.1) is 5.69 Å². The Hall–Kier alpha value is -3.61. The molecule has 5 N–H and O–H groups in total. The molecule has 0 fully saturated rings. The lowest BCUT2D eigenvalue weighted by atomic mass is 10.2. The number of aliphatic imine (C=N–C) groups is 1. The molecular formula is C17H16N4O3. The van der Waals surface area contributed by atoms with E-state index in [2.05, 4.69) is 10.3 Å². The third-order valence-corrected chi connectivity index (χ3v) is 2.83. The predicted molar refractivity (Wildman–Crippen MR) is 91.2 cm³/mol. The molecule has 7 nitrogen and oxygen atoms in total. The Bertz CT molecular complexity index is 781. The highest BCUT2D eigenvalue weighted by molar-refractivity contribution is 5.96. The predicted octanol–water partition coefficient (Wildman–Crippen LogP) is 1.28. The summed E-state index contributed by atoms with van der Waals surface area (Å²) in [4.78, 5) is 26.8. The van der Waals surface area contributed by atoms with Crippen LogP contribution in [-0.4, -0.2) is 18.3 Å². The van der Waals surface area contributed by atoms with Gasteiger partial charge in [-0.2, -0.15) is 0 Å². The smallest absolute Gasteiger partial charge is 0.360 e. The Morgan fingerprint density at radius 2 is 1.83 bits per heavy atom. The molecule has 0 saturated heterocycles. The summed E-state index contributed by atoms with van der Waals surface area (Å²) in [7, 11) is 0. The number of hydrogen-bond donors (Lipinski definition) is 3. The molecule has 0 heterocycles. The SMILES string of the molecule is NC(N)=Nc1cccc(OC(=O)C(=Cc2ccccc2)NC=O)c1. The minimum Gasteiger partial charge on any atom is -0.422 e. The third-order valence-electron chi connectivity index (χ3n) is 2.83. The van der Waals surface area contributed by atoms with Gasteiger partial charge in [0.2, 0.25) is 6.41 Å². The van der Waals surface area contributed by atoms with E-state index in [1.54, 1.807) is 30.3 Å². The lowest BCUT2D eigenvalue weighted by Crippen LogP contribution is -2.23. The molecule has 24 heavy (non-hydrogen) atoms. The first-order chi connectivity index (χ1) is 11.6. The minimum atomic E-state index is -0.715. The molecule has 2 rings (SSSR count). The molecule has 0 atom stereocenters. The van der Waals surface area contributed by atoms with Gasteiger partial charge < -0.3 is 21.5 Å². The fourth-order valence-corrected chi connectivity index (χ4v) is 1.87. The number of guanidine groups is 1. The number of nitrogens with one attached hydrogen (secondary N) is 1. The number of nitrogens with two attached hydrogens (primary N) is 2. The number of ether oxygens (including phenoxy) is 1. The van der Waals surface area contributed by atoms with Gasteiger partial charge in [-0.3, -0.25) is 4.79 Å². The zero-order chi connectivity index (χ0) is 17.4. The maximum atomic E-state index is 12.2. The second-order valence-electron chi connectivity index (χ2n) is 4.65. The summed E-state index contributed by atoms with van der Waals surface area (Å²) in [6.07, 6.45) is 1.92. The monoisotopic (exact) mass is 324 g/mol. The number of hydrogen-bond acceptors (Lipinski definition) is 4. The van der Waals surface area contributed by atoms with Crippen molar-refractivity contribution in [1.82, 2.24) is 5.32 Å². The van der Waals surface area contributed by atoms with Gasteiger partial charge in [-0.05, 0) is 23.8 Å². The highest BCUT2D eigenvalue weighted by atomic mass is 16.5. The van der Waals surface area contributed by atoms with Crippen LogP contribution in [0.2, 0.25) is 0 Å². The fourth-order valence-electron chi connectivity index (χ4n) is 1.87. The topological polar surface area (TPSA) is 120 Å². The van der Waals surface area contributed by atoms with E-state index in [0.717, 1.165) is 5.56 Å². The van der Waals surface area contributed by atoms with E-state index in [1.807, 2.05) is 18.2 Å². The zero-order valence-corrected chi connectivity index (χ0v) is 12.7. The molecule has 1 amide bonds. The zero-order valence-electron chi connectivity index (χ0n) is 12.7. The van der Waals surface area contributed by atoms with Crippen LogP contribution in [0.4, 0.5) is 5.69 Å². The average molecular weight is 324 g/mol. The van der Waals surface area contributed by atoms with Crippen LogP contribution in [0, 0.1) is 0 Å². The van der Waals surface area contributed by atoms with Gasteiger partial charge in [-0.1, -0.05) is 36.4 Å². The van der Waals surface area contributed by atoms with Crippen LogP contribution in [-0.2, 0) is 9.59 Å². The second-order valence-corrected chi connectivity index (χ2v) is 4.65. The van der Waals surface area contributed by atoms with Crippen molar-refractivity contribution in [2.24, 2.45) is 16.5 Å². The molecule has 2 aromatic carbocycles. The van der Waals surface area contributed by atoms with Crippen molar-refractivity contribution < 1.29 is 14.3 Å². The van der Waals surface area contributed by atoms with Crippen LogP contribution < -0.4 is 21.5 Å². The fraction of sp³-hybridized carbons (Fsp3) is 0. The summed E-state index contributed by atoms with van der Waals surface area (Å²) < 4.78 is 5.24. The van der Waals surface area contributed by atoms with Crippen LogP contribution in [0.15, 0.2) is 65.3 Å². The van der Waals surface area contributed by atoms with Crippen LogP contribution in [0.1, 0.15) is 5.56 Å². The molecule has 0 spiro atoms. The van der Waals surface area contributed by atoms with E-state index in [1.165, 1.54) is 12.1 Å². The van der Waals surface area contributed by atoms with Crippen molar-refractivity contribution in [2.45, 2.75) is 0 Å². The normalized spacial score (nSPS) is 10.6. The summed E-state index contributed by atoms with van der Waals surface area (Å²) in [5, 5.41) is 2.34. The van der Waals surface area contributed by atoms with Gasteiger partial charge >= 0.3 is 5.97 Å². The van der Waals surface area contributed by atoms with Crippen molar-refractivity contribution in [3.05, 3.63) is 65.9 Å². The third kappa shape index (κ3) is 4.99. The maximum absolute atomic E-state index is 12.2. The van der Waals surface area contributed by atoms with Crippen LogP contribution in [0.3, 0.4) is 0 Å². The lowest BCUT2D eigenvalue weighted by molar-refractivity contribution is -0.131. The summed E-state index contributed by atoms with van der Waals surface area (Å²) in [5.74, 6) is -0.576. The van der Waals surface area contributed by atoms with E-state index in [9.17, 15) is 9.59 Å². The number of carbonyl (C=O) groups is 2. The second kappa shape index (κ2) is 8.14. The number of carbonyl (C=O) groups excluding carboxylic acids is 2. The van der Waals surface area contributed by atoms with E-state index >= 15 is 0 Å². The molecule has 0 aliphatic carbocycles. The lowest BCUT2D eigenvalue weighted by Gasteiger charge is -2.08. The van der Waals surface area contributed by atoms with Crippen LogP contribution in [0.5, 0.6) is 5.75 Å². The largest absolute Gasteiger partial charge is 0.422 e. The molecule has 0 unspecified atom stereocenters.